The molecule has 0 saturated carbocycles. The van der Waals surface area contributed by atoms with Crippen molar-refractivity contribution in [1.82, 2.24) is 4.98 Å². The normalized spacial score (nSPS) is 12.4. The van der Waals surface area contributed by atoms with Crippen molar-refractivity contribution in [3.05, 3.63) is 24.0 Å². The Kier molecular flexibility index (Phi) is 6.68. The van der Waals surface area contributed by atoms with E-state index in [2.05, 4.69) is 31.8 Å². The average Bonchev–Trinajstić information content (AvgIpc) is 2.35. The molecule has 96 valence electrons. The molecule has 0 aliphatic rings. The predicted octanol–water partition coefficient (Wildman–Crippen LogP) is 4.38. The Labute approximate surface area is 105 Å². The first kappa shape index (κ1) is 14.0. The van der Waals surface area contributed by atoms with Crippen molar-refractivity contribution in [1.29, 1.82) is 0 Å². The van der Waals surface area contributed by atoms with Crippen LogP contribution in [-0.4, -0.2) is 11.1 Å². The predicted molar refractivity (Wildman–Crippen MR) is 72.5 cm³/mol. The van der Waals surface area contributed by atoms with Crippen molar-refractivity contribution in [2.24, 2.45) is 0 Å². The molecule has 0 N–H and O–H groups in total. The van der Waals surface area contributed by atoms with E-state index in [4.69, 9.17) is 4.74 Å². The van der Waals surface area contributed by atoms with E-state index in [1.54, 1.807) is 0 Å². The van der Waals surface area contributed by atoms with E-state index >= 15 is 0 Å². The van der Waals surface area contributed by atoms with E-state index in [1.165, 1.54) is 18.4 Å². The molecule has 1 atom stereocenters. The van der Waals surface area contributed by atoms with Gasteiger partial charge in [-0.15, -0.1) is 0 Å². The number of hydrogen-bond donors (Lipinski definition) is 0. The van der Waals surface area contributed by atoms with Crippen molar-refractivity contribution >= 4 is 0 Å². The van der Waals surface area contributed by atoms with E-state index in [0.29, 0.717) is 6.10 Å². The summed E-state index contributed by atoms with van der Waals surface area (Å²) in [5, 5.41) is 0. The Hall–Kier alpha value is -1.05. The van der Waals surface area contributed by atoms with Gasteiger partial charge in [0.25, 0.3) is 0 Å². The molecule has 1 heterocycles. The molecule has 0 fully saturated rings. The van der Waals surface area contributed by atoms with Crippen LogP contribution in [0, 0.1) is 0 Å². The van der Waals surface area contributed by atoms with Gasteiger partial charge in [0.1, 0.15) is 5.75 Å². The van der Waals surface area contributed by atoms with Crippen LogP contribution in [0.15, 0.2) is 18.5 Å². The summed E-state index contributed by atoms with van der Waals surface area (Å²) in [6, 6.07) is 2.13. The molecule has 17 heavy (non-hydrogen) atoms. The first-order valence-corrected chi connectivity index (χ1v) is 6.90. The molecular weight excluding hydrogens is 210 g/mol. The van der Waals surface area contributed by atoms with Crippen LogP contribution in [0.3, 0.4) is 0 Å². The third-order valence-electron chi connectivity index (χ3n) is 2.95. The van der Waals surface area contributed by atoms with E-state index < -0.39 is 0 Å². The van der Waals surface area contributed by atoms with Gasteiger partial charge in [-0.1, -0.05) is 40.0 Å². The first-order valence-electron chi connectivity index (χ1n) is 6.90. The van der Waals surface area contributed by atoms with Gasteiger partial charge in [0.2, 0.25) is 0 Å². The van der Waals surface area contributed by atoms with E-state index in [0.717, 1.165) is 31.4 Å². The Morgan fingerprint density at radius 2 is 2.00 bits per heavy atom. The SMILES string of the molecule is CCCC[C@@H](CC)Oc1cncc(CCC)c1. The van der Waals surface area contributed by atoms with Gasteiger partial charge in [-0.25, -0.2) is 0 Å². The highest BCUT2D eigenvalue weighted by Crippen LogP contribution is 2.17. The Bertz CT molecular complexity index is 312. The third kappa shape index (κ3) is 5.20. The molecule has 0 unspecified atom stereocenters. The minimum atomic E-state index is 0.341. The number of aromatic nitrogens is 1. The van der Waals surface area contributed by atoms with Crippen LogP contribution < -0.4 is 4.74 Å². The van der Waals surface area contributed by atoms with Gasteiger partial charge in [0.05, 0.1) is 12.3 Å². The second-order valence-corrected chi connectivity index (χ2v) is 4.57. The van der Waals surface area contributed by atoms with Crippen LogP contribution in [0.5, 0.6) is 5.75 Å². The molecule has 0 saturated heterocycles. The molecule has 0 radical (unpaired) electrons. The molecule has 1 aromatic heterocycles. The number of pyridine rings is 1. The monoisotopic (exact) mass is 235 g/mol. The summed E-state index contributed by atoms with van der Waals surface area (Å²) in [5.41, 5.74) is 1.27. The topological polar surface area (TPSA) is 22.1 Å². The zero-order valence-electron chi connectivity index (χ0n) is 11.4. The highest BCUT2D eigenvalue weighted by Gasteiger charge is 2.08. The number of unbranched alkanes of at least 4 members (excludes halogenated alkanes) is 1. The molecular formula is C15H25NO. The van der Waals surface area contributed by atoms with Crippen molar-refractivity contribution in [3.8, 4) is 5.75 Å². The summed E-state index contributed by atoms with van der Waals surface area (Å²) in [6.07, 6.45) is 11.0. The van der Waals surface area contributed by atoms with Crippen LogP contribution in [0.1, 0.15) is 58.4 Å². The lowest BCUT2D eigenvalue weighted by Crippen LogP contribution is -2.15. The molecule has 0 aliphatic carbocycles. The second-order valence-electron chi connectivity index (χ2n) is 4.57. The summed E-state index contributed by atoms with van der Waals surface area (Å²) in [5.74, 6) is 0.930. The van der Waals surface area contributed by atoms with Crippen molar-refractivity contribution in [2.75, 3.05) is 0 Å². The van der Waals surface area contributed by atoms with Gasteiger partial charge in [-0.3, -0.25) is 4.98 Å². The number of hydrogen-bond acceptors (Lipinski definition) is 2. The maximum atomic E-state index is 5.99. The van der Waals surface area contributed by atoms with Crippen molar-refractivity contribution in [3.63, 3.8) is 0 Å². The van der Waals surface area contributed by atoms with Crippen LogP contribution in [0.25, 0.3) is 0 Å². The molecule has 0 aromatic carbocycles. The Balaban J connectivity index is 2.55. The lowest BCUT2D eigenvalue weighted by atomic mass is 10.1. The fourth-order valence-corrected chi connectivity index (χ4v) is 1.92. The number of ether oxygens (including phenoxy) is 1. The van der Waals surface area contributed by atoms with Gasteiger partial charge in [-0.05, 0) is 30.9 Å². The van der Waals surface area contributed by atoms with Crippen LogP contribution in [-0.2, 0) is 6.42 Å². The molecule has 1 aromatic rings. The maximum absolute atomic E-state index is 5.99. The number of nitrogens with zero attached hydrogens (tertiary/aromatic N) is 1. The molecule has 0 spiro atoms. The molecule has 1 rings (SSSR count). The lowest BCUT2D eigenvalue weighted by Gasteiger charge is -2.17. The summed E-state index contributed by atoms with van der Waals surface area (Å²) < 4.78 is 5.99. The largest absolute Gasteiger partial charge is 0.489 e. The Morgan fingerprint density at radius 1 is 1.18 bits per heavy atom. The Morgan fingerprint density at radius 3 is 2.65 bits per heavy atom. The lowest BCUT2D eigenvalue weighted by molar-refractivity contribution is 0.182. The fraction of sp³-hybridized carbons (Fsp3) is 0.667. The summed E-state index contributed by atoms with van der Waals surface area (Å²) in [7, 11) is 0. The minimum absolute atomic E-state index is 0.341. The van der Waals surface area contributed by atoms with Crippen LogP contribution in [0.4, 0.5) is 0 Å². The molecule has 2 heteroatoms. The number of rotatable bonds is 8. The van der Waals surface area contributed by atoms with Gasteiger partial charge < -0.3 is 4.74 Å². The van der Waals surface area contributed by atoms with Gasteiger partial charge in [-0.2, -0.15) is 0 Å². The summed E-state index contributed by atoms with van der Waals surface area (Å²) >= 11 is 0. The highest BCUT2D eigenvalue weighted by molar-refractivity contribution is 5.23. The average molecular weight is 235 g/mol. The van der Waals surface area contributed by atoms with Crippen molar-refractivity contribution in [2.45, 2.75) is 65.4 Å². The maximum Gasteiger partial charge on any atom is 0.138 e. The van der Waals surface area contributed by atoms with Gasteiger partial charge in [0, 0.05) is 6.20 Å². The second kappa shape index (κ2) is 8.10. The van der Waals surface area contributed by atoms with E-state index in [9.17, 15) is 0 Å². The fourth-order valence-electron chi connectivity index (χ4n) is 1.92. The quantitative estimate of drug-likeness (QED) is 0.667. The van der Waals surface area contributed by atoms with Gasteiger partial charge in [0.15, 0.2) is 0 Å². The smallest absolute Gasteiger partial charge is 0.138 e. The summed E-state index contributed by atoms with van der Waals surface area (Å²) in [6.45, 7) is 6.59. The van der Waals surface area contributed by atoms with Gasteiger partial charge >= 0.3 is 0 Å². The zero-order valence-corrected chi connectivity index (χ0v) is 11.4. The standard InChI is InChI=1S/C15H25NO/c1-4-7-9-14(6-3)17-15-10-13(8-5-2)11-16-12-15/h10-12,14H,4-9H2,1-3H3/t14-/m1/s1. The first-order chi connectivity index (χ1) is 8.30. The molecule has 0 bridgehead atoms. The van der Waals surface area contributed by atoms with Crippen LogP contribution >= 0.6 is 0 Å². The highest BCUT2D eigenvalue weighted by atomic mass is 16.5. The third-order valence-corrected chi connectivity index (χ3v) is 2.95. The molecule has 2 nitrogen and oxygen atoms in total. The van der Waals surface area contributed by atoms with Crippen LogP contribution in [0.2, 0.25) is 0 Å². The van der Waals surface area contributed by atoms with E-state index in [1.807, 2.05) is 12.4 Å². The van der Waals surface area contributed by atoms with E-state index in [-0.39, 0.29) is 0 Å². The molecule has 0 amide bonds. The summed E-state index contributed by atoms with van der Waals surface area (Å²) in [4.78, 5) is 4.25. The van der Waals surface area contributed by atoms with Crippen molar-refractivity contribution < 1.29 is 4.74 Å². The molecule has 0 aliphatic heterocycles. The number of aryl methyl sites for hydroxylation is 1. The zero-order chi connectivity index (χ0) is 12.5. The minimum Gasteiger partial charge on any atom is -0.489 e.